The van der Waals surface area contributed by atoms with Crippen LogP contribution >= 0.6 is 0 Å². The molecule has 2 N–H and O–H groups in total. The third-order valence-corrected chi connectivity index (χ3v) is 12.5. The number of benzene rings is 4. The van der Waals surface area contributed by atoms with Gasteiger partial charge in [-0.25, -0.2) is 0 Å². The number of hydrogen-bond acceptors (Lipinski definition) is 1. The van der Waals surface area contributed by atoms with Crippen molar-refractivity contribution >= 4 is 28.6 Å². The highest BCUT2D eigenvalue weighted by Crippen LogP contribution is 2.38. The Labute approximate surface area is 435 Å². The molecule has 2 nitrogen and oxygen atoms in total. The van der Waals surface area contributed by atoms with Crippen molar-refractivity contribution in [3.8, 4) is 0 Å². The summed E-state index contributed by atoms with van der Waals surface area (Å²) < 4.78 is 2.34. The molecule has 380 valence electrons. The fourth-order valence-electron chi connectivity index (χ4n) is 8.99. The van der Waals surface area contributed by atoms with E-state index < -0.39 is 0 Å². The molecule has 0 saturated heterocycles. The number of aryl methyl sites for hydroxylation is 3. The van der Waals surface area contributed by atoms with E-state index in [4.69, 9.17) is 5.73 Å². The van der Waals surface area contributed by atoms with Gasteiger partial charge >= 0.3 is 0 Å². The smallest absolute Gasteiger partial charge is 0.0485 e. The number of aromatic nitrogens is 1. The lowest BCUT2D eigenvalue weighted by Crippen LogP contribution is -2.22. The lowest BCUT2D eigenvalue weighted by Gasteiger charge is -2.32. The second-order valence-electron chi connectivity index (χ2n) is 17.1. The minimum atomic E-state index is 0.0323. The molecule has 0 bridgehead atoms. The Morgan fingerprint density at radius 1 is 0.775 bits per heavy atom. The maximum Gasteiger partial charge on any atom is 0.0485 e. The van der Waals surface area contributed by atoms with Gasteiger partial charge in [0.05, 0.1) is 0 Å². The van der Waals surface area contributed by atoms with Gasteiger partial charge in [0.1, 0.15) is 0 Å². The van der Waals surface area contributed by atoms with E-state index in [0.29, 0.717) is 12.5 Å². The molecule has 0 aliphatic heterocycles. The minimum absolute atomic E-state index is 0.0323. The first-order valence-corrected chi connectivity index (χ1v) is 26.6. The molecular weight excluding hydrogens is 857 g/mol. The third kappa shape index (κ3) is 19.8. The van der Waals surface area contributed by atoms with Gasteiger partial charge < -0.3 is 10.3 Å². The molecule has 71 heavy (non-hydrogen) atoms. The van der Waals surface area contributed by atoms with E-state index in [0.717, 1.165) is 50.5 Å². The quantitative estimate of drug-likeness (QED) is 0.0873. The van der Waals surface area contributed by atoms with Gasteiger partial charge in [0, 0.05) is 35.6 Å². The van der Waals surface area contributed by atoms with Crippen LogP contribution in [0.5, 0.6) is 0 Å². The molecule has 2 heteroatoms. The fourth-order valence-corrected chi connectivity index (χ4v) is 8.99. The lowest BCUT2D eigenvalue weighted by atomic mass is 9.73. The minimum Gasteiger partial charge on any atom is -0.344 e. The van der Waals surface area contributed by atoms with Gasteiger partial charge in [-0.3, -0.25) is 0 Å². The standard InChI is InChI=1S/C38H45N.C19H18.C4H9N.3C2H6.C2H4/c1-7-31(38(4,5)35-21-12-8-15-27(35)2)25-28(3)32-19-10-9-17-30(32)18-14-16-29-23-24-37-34(26-29)33-20-11-13-22-36(33)39(37)6;1-2-18(19-15-7-4-8-16-19)14-10-9-13-17-11-5-3-6-12-17;1-2-3-4-5;4*1-2/h8-9,12-17,21-26,28H,7,10-11,18-20H2,1-6H3;2-12,14-16H,1,13H2;2-3H,4-5H2,1H3;3*1-2H3;1-2H2/b16-14+,31-25+;10-9-,18-14+;3-2-;;;;. The number of fused-ring (bicyclic) bond motifs is 3. The van der Waals surface area contributed by atoms with Crippen molar-refractivity contribution in [1.82, 2.24) is 4.57 Å². The molecule has 1 unspecified atom stereocenters. The molecule has 7 rings (SSSR count). The topological polar surface area (TPSA) is 30.9 Å². The zero-order valence-corrected chi connectivity index (χ0v) is 46.7. The summed E-state index contributed by atoms with van der Waals surface area (Å²) in [5.74, 6) is 0.442. The predicted octanol–water partition coefficient (Wildman–Crippen LogP) is 19.9. The van der Waals surface area contributed by atoms with Crippen LogP contribution in [0.4, 0.5) is 0 Å². The normalized spacial score (nSPS) is 13.4. The number of rotatable bonds is 14. The summed E-state index contributed by atoms with van der Waals surface area (Å²) in [6.45, 7) is 36.2. The largest absolute Gasteiger partial charge is 0.344 e. The second kappa shape index (κ2) is 36.7. The number of nitrogens with two attached hydrogens (primary N) is 1. The van der Waals surface area contributed by atoms with Crippen molar-refractivity contribution in [2.45, 2.75) is 133 Å². The summed E-state index contributed by atoms with van der Waals surface area (Å²) in [4.78, 5) is 0. The molecule has 1 heterocycles. The Bertz CT molecular complexity index is 2510. The van der Waals surface area contributed by atoms with Gasteiger partial charge in [0.2, 0.25) is 0 Å². The highest BCUT2D eigenvalue weighted by Gasteiger charge is 2.27. The highest BCUT2D eigenvalue weighted by atomic mass is 14.9. The number of hydrogen-bond donors (Lipinski definition) is 1. The van der Waals surface area contributed by atoms with Gasteiger partial charge in [-0.05, 0) is 127 Å². The van der Waals surface area contributed by atoms with Crippen molar-refractivity contribution < 1.29 is 0 Å². The number of nitrogens with zero attached hydrogens (tertiary/aromatic N) is 1. The first-order chi connectivity index (χ1) is 34.6. The highest BCUT2D eigenvalue weighted by molar-refractivity contribution is 5.90. The van der Waals surface area contributed by atoms with Gasteiger partial charge in [-0.2, -0.15) is 0 Å². The van der Waals surface area contributed by atoms with Gasteiger partial charge in [0.25, 0.3) is 0 Å². The van der Waals surface area contributed by atoms with Crippen LogP contribution in [0.3, 0.4) is 0 Å². The van der Waals surface area contributed by atoms with Crippen LogP contribution in [0, 0.1) is 12.8 Å². The van der Waals surface area contributed by atoms with Gasteiger partial charge in [0.15, 0.2) is 0 Å². The molecule has 2 aliphatic rings. The summed E-state index contributed by atoms with van der Waals surface area (Å²) in [5, 5.41) is 1.42. The van der Waals surface area contributed by atoms with Crippen LogP contribution in [0.2, 0.25) is 0 Å². The van der Waals surface area contributed by atoms with Crippen molar-refractivity contribution in [2.24, 2.45) is 18.7 Å². The molecule has 0 saturated carbocycles. The van der Waals surface area contributed by atoms with E-state index in [1.807, 2.05) is 91.0 Å². The summed E-state index contributed by atoms with van der Waals surface area (Å²) >= 11 is 0. The third-order valence-electron chi connectivity index (χ3n) is 12.5. The lowest BCUT2D eigenvalue weighted by molar-refractivity contribution is 0.585. The van der Waals surface area contributed by atoms with Crippen LogP contribution < -0.4 is 5.73 Å². The van der Waals surface area contributed by atoms with Crippen molar-refractivity contribution in [3.05, 3.63) is 245 Å². The molecule has 5 aromatic rings. The first kappa shape index (κ1) is 62.8. The fraction of sp³-hybridized carbons (Fsp3) is 0.333. The molecule has 0 fully saturated rings. The van der Waals surface area contributed by atoms with E-state index in [1.165, 1.54) is 61.1 Å². The Balaban J connectivity index is 0.000000656. The summed E-state index contributed by atoms with van der Waals surface area (Å²) in [6.07, 6.45) is 36.3. The Morgan fingerprint density at radius 3 is 2.00 bits per heavy atom. The summed E-state index contributed by atoms with van der Waals surface area (Å²) in [5.41, 5.74) is 21.7. The van der Waals surface area contributed by atoms with Crippen LogP contribution in [-0.4, -0.2) is 11.1 Å². The van der Waals surface area contributed by atoms with E-state index in [-0.39, 0.29) is 5.41 Å². The monoisotopic (exact) mass is 951 g/mol. The van der Waals surface area contributed by atoms with Gasteiger partial charge in [-0.15, -0.1) is 13.2 Å². The first-order valence-electron chi connectivity index (χ1n) is 26.6. The average Bonchev–Trinajstić information content (AvgIpc) is 3.71. The zero-order chi connectivity index (χ0) is 53.0. The van der Waals surface area contributed by atoms with Gasteiger partial charge in [-0.1, -0.05) is 251 Å². The van der Waals surface area contributed by atoms with E-state index >= 15 is 0 Å². The maximum absolute atomic E-state index is 5.05. The maximum atomic E-state index is 5.05. The van der Waals surface area contributed by atoms with E-state index in [2.05, 4.69) is 206 Å². The Kier molecular flexibility index (Phi) is 32.4. The van der Waals surface area contributed by atoms with Crippen LogP contribution in [0.25, 0.3) is 28.6 Å². The molecule has 1 atom stereocenters. The second-order valence-corrected chi connectivity index (χ2v) is 17.1. The molecule has 4 aromatic carbocycles. The molecule has 1 aromatic heterocycles. The van der Waals surface area contributed by atoms with Crippen LogP contribution in [-0.2, 0) is 25.3 Å². The molecule has 0 radical (unpaired) electrons. The van der Waals surface area contributed by atoms with Crippen LogP contribution in [0.1, 0.15) is 147 Å². The van der Waals surface area contributed by atoms with Crippen molar-refractivity contribution in [1.29, 1.82) is 0 Å². The molecule has 2 aliphatic carbocycles. The Morgan fingerprint density at radius 2 is 1.39 bits per heavy atom. The van der Waals surface area contributed by atoms with Crippen LogP contribution in [0.15, 0.2) is 206 Å². The predicted molar refractivity (Wildman–Crippen MR) is 324 cm³/mol. The SMILES string of the molecule is C/C=C\CN.C=C.C=C/C(=C\C=C/Cc1ccccc1)c1ccccc1.CC.CC.CC.CC/C(=C\C(C)C1=C(C/C=C/c2ccc3c(c2)c2c(n3C)C=CCC2)C=CCC1)C(C)(C)c1ccccc1C. The van der Waals surface area contributed by atoms with E-state index in [9.17, 15) is 0 Å². The average molecular weight is 952 g/mol. The van der Waals surface area contributed by atoms with E-state index in [1.54, 1.807) is 5.57 Å². The molecular formula is C69H94N2. The molecule has 0 spiro atoms. The summed E-state index contributed by atoms with van der Waals surface area (Å²) in [7, 11) is 2.19. The van der Waals surface area contributed by atoms with Crippen molar-refractivity contribution in [2.75, 3.05) is 6.54 Å². The molecule has 0 amide bonds. The Hall–Kier alpha value is -6.22. The van der Waals surface area contributed by atoms with Crippen molar-refractivity contribution in [3.63, 3.8) is 0 Å². The summed E-state index contributed by atoms with van der Waals surface area (Å²) in [6, 6.07) is 36.6. The number of allylic oxidation sites excluding steroid dienone is 14. The zero-order valence-electron chi connectivity index (χ0n) is 46.7.